The Morgan fingerprint density at radius 2 is 1.70 bits per heavy atom. The molecule has 1 aromatic rings. The summed E-state index contributed by atoms with van der Waals surface area (Å²) in [6, 6.07) is 6.47. The summed E-state index contributed by atoms with van der Waals surface area (Å²) >= 11 is 0. The number of carbonyl (C=O) groups is 1. The van der Waals surface area contributed by atoms with Crippen LogP contribution in [0.3, 0.4) is 0 Å². The maximum absolute atomic E-state index is 12.3. The minimum absolute atomic E-state index is 0.0171. The maximum atomic E-state index is 12.3. The Labute approximate surface area is 137 Å². The van der Waals surface area contributed by atoms with Crippen molar-refractivity contribution in [3.8, 4) is 0 Å². The summed E-state index contributed by atoms with van der Waals surface area (Å²) < 4.78 is 27.4. The molecule has 1 amide bonds. The lowest BCUT2D eigenvalue weighted by Crippen LogP contribution is -2.39. The van der Waals surface area contributed by atoms with Gasteiger partial charge < -0.3 is 5.32 Å². The van der Waals surface area contributed by atoms with Crippen LogP contribution in [0.1, 0.15) is 51.9 Å². The Bertz CT molecular complexity index is 672. The molecule has 23 heavy (non-hydrogen) atoms. The van der Waals surface area contributed by atoms with E-state index in [9.17, 15) is 13.2 Å². The third-order valence-electron chi connectivity index (χ3n) is 5.10. The number of amides is 1. The van der Waals surface area contributed by atoms with Gasteiger partial charge in [0.25, 0.3) is 0 Å². The highest BCUT2D eigenvalue weighted by Crippen LogP contribution is 2.41. The van der Waals surface area contributed by atoms with E-state index in [1.165, 1.54) is 0 Å². The molecule has 2 aliphatic rings. The van der Waals surface area contributed by atoms with Crippen LogP contribution in [0, 0.1) is 5.41 Å². The van der Waals surface area contributed by atoms with Crippen molar-refractivity contribution >= 4 is 21.6 Å². The van der Waals surface area contributed by atoms with Crippen LogP contribution in [0.4, 0.5) is 5.69 Å². The van der Waals surface area contributed by atoms with E-state index in [4.69, 9.17) is 0 Å². The van der Waals surface area contributed by atoms with Gasteiger partial charge in [-0.15, -0.1) is 0 Å². The molecule has 0 atom stereocenters. The van der Waals surface area contributed by atoms with Crippen molar-refractivity contribution in [2.75, 3.05) is 5.32 Å². The number of sulfonamides is 1. The Balaban J connectivity index is 1.65. The molecule has 0 spiro atoms. The first kappa shape index (κ1) is 16.5. The normalized spacial score (nSPS) is 20.9. The van der Waals surface area contributed by atoms with Gasteiger partial charge in [0.15, 0.2) is 0 Å². The lowest BCUT2D eigenvalue weighted by atomic mass is 9.70. The van der Waals surface area contributed by atoms with E-state index in [-0.39, 0.29) is 22.3 Å². The molecule has 2 saturated carbocycles. The van der Waals surface area contributed by atoms with Crippen LogP contribution >= 0.6 is 0 Å². The fourth-order valence-corrected chi connectivity index (χ4v) is 4.57. The number of carbonyl (C=O) groups excluding carboxylic acids is 1. The summed E-state index contributed by atoms with van der Waals surface area (Å²) in [4.78, 5) is 12.4. The number of hydrogen-bond donors (Lipinski definition) is 2. The molecule has 0 aliphatic heterocycles. The van der Waals surface area contributed by atoms with Crippen LogP contribution in [-0.2, 0) is 14.8 Å². The molecule has 1 aromatic carbocycles. The number of benzene rings is 1. The summed E-state index contributed by atoms with van der Waals surface area (Å²) in [5.74, 6) is 0.0171. The van der Waals surface area contributed by atoms with Gasteiger partial charge in [-0.05, 0) is 49.9 Å². The van der Waals surface area contributed by atoms with Crippen molar-refractivity contribution in [2.24, 2.45) is 5.41 Å². The number of hydrogen-bond acceptors (Lipinski definition) is 3. The van der Waals surface area contributed by atoms with Crippen molar-refractivity contribution in [2.45, 2.75) is 62.8 Å². The zero-order valence-electron chi connectivity index (χ0n) is 13.5. The van der Waals surface area contributed by atoms with Crippen LogP contribution in [0.5, 0.6) is 0 Å². The zero-order chi connectivity index (χ0) is 16.5. The Hall–Kier alpha value is -1.40. The van der Waals surface area contributed by atoms with Crippen molar-refractivity contribution in [3.05, 3.63) is 24.3 Å². The van der Waals surface area contributed by atoms with Gasteiger partial charge in [-0.2, -0.15) is 0 Å². The third kappa shape index (κ3) is 3.58. The molecule has 126 valence electrons. The number of rotatable bonds is 5. The van der Waals surface area contributed by atoms with Crippen LogP contribution in [-0.4, -0.2) is 20.4 Å². The molecular weight excluding hydrogens is 312 g/mol. The van der Waals surface area contributed by atoms with Gasteiger partial charge in [-0.3, -0.25) is 4.79 Å². The molecule has 2 fully saturated rings. The van der Waals surface area contributed by atoms with Crippen molar-refractivity contribution in [3.63, 3.8) is 0 Å². The van der Waals surface area contributed by atoms with E-state index < -0.39 is 10.0 Å². The third-order valence-corrected chi connectivity index (χ3v) is 6.64. The fraction of sp³-hybridized carbons (Fsp3) is 0.588. The predicted molar refractivity (Wildman–Crippen MR) is 89.6 cm³/mol. The Kier molecular flexibility index (Phi) is 4.47. The molecule has 0 aromatic heterocycles. The van der Waals surface area contributed by atoms with Crippen LogP contribution in [0.2, 0.25) is 0 Å². The zero-order valence-corrected chi connectivity index (χ0v) is 14.3. The largest absolute Gasteiger partial charge is 0.326 e. The molecule has 0 bridgehead atoms. The second kappa shape index (κ2) is 6.24. The molecule has 0 saturated heterocycles. The molecule has 0 heterocycles. The Morgan fingerprint density at radius 3 is 2.22 bits per heavy atom. The SMILES string of the molecule is CC1(C(=O)Nc2ccc(S(=O)(=O)NC3CCCC3)cc2)CCC1. The molecule has 2 N–H and O–H groups in total. The minimum atomic E-state index is -3.47. The average molecular weight is 336 g/mol. The van der Waals surface area contributed by atoms with Gasteiger partial charge >= 0.3 is 0 Å². The van der Waals surface area contributed by atoms with Crippen molar-refractivity contribution in [1.82, 2.24) is 4.72 Å². The second-order valence-electron chi connectivity index (χ2n) is 7.00. The first-order chi connectivity index (χ1) is 10.9. The molecule has 0 unspecified atom stereocenters. The molecular formula is C17H24N2O3S. The lowest BCUT2D eigenvalue weighted by Gasteiger charge is -2.36. The van der Waals surface area contributed by atoms with Gasteiger partial charge in [0, 0.05) is 17.1 Å². The lowest BCUT2D eigenvalue weighted by molar-refractivity contribution is -0.128. The van der Waals surface area contributed by atoms with Gasteiger partial charge in [0.2, 0.25) is 15.9 Å². The number of nitrogens with one attached hydrogen (secondary N) is 2. The second-order valence-corrected chi connectivity index (χ2v) is 8.71. The van der Waals surface area contributed by atoms with Crippen LogP contribution < -0.4 is 10.0 Å². The first-order valence-corrected chi connectivity index (χ1v) is 9.81. The summed E-state index contributed by atoms with van der Waals surface area (Å²) in [7, 11) is -3.47. The molecule has 0 radical (unpaired) electrons. The quantitative estimate of drug-likeness (QED) is 0.868. The van der Waals surface area contributed by atoms with Crippen molar-refractivity contribution < 1.29 is 13.2 Å². The molecule has 3 rings (SSSR count). The van der Waals surface area contributed by atoms with Crippen molar-refractivity contribution in [1.29, 1.82) is 0 Å². The highest BCUT2D eigenvalue weighted by Gasteiger charge is 2.39. The summed E-state index contributed by atoms with van der Waals surface area (Å²) in [6.45, 7) is 1.97. The van der Waals surface area contributed by atoms with E-state index in [0.717, 1.165) is 44.9 Å². The highest BCUT2D eigenvalue weighted by molar-refractivity contribution is 7.89. The standard InChI is InChI=1S/C17H24N2O3S/c1-17(11-4-12-17)16(20)18-13-7-9-15(10-8-13)23(21,22)19-14-5-2-3-6-14/h7-10,14,19H,2-6,11-12H2,1H3,(H,18,20). The Morgan fingerprint density at radius 1 is 1.09 bits per heavy atom. The number of anilines is 1. The first-order valence-electron chi connectivity index (χ1n) is 8.33. The predicted octanol–water partition coefficient (Wildman–Crippen LogP) is 3.04. The smallest absolute Gasteiger partial charge is 0.240 e. The summed E-state index contributed by atoms with van der Waals surface area (Å²) in [5.41, 5.74) is 0.373. The molecule has 6 heteroatoms. The van der Waals surface area contributed by atoms with E-state index in [0.29, 0.717) is 5.69 Å². The minimum Gasteiger partial charge on any atom is -0.326 e. The van der Waals surface area contributed by atoms with E-state index in [1.807, 2.05) is 6.92 Å². The molecule has 2 aliphatic carbocycles. The van der Waals surface area contributed by atoms with Gasteiger partial charge in [-0.25, -0.2) is 13.1 Å². The monoisotopic (exact) mass is 336 g/mol. The highest BCUT2D eigenvalue weighted by atomic mass is 32.2. The van der Waals surface area contributed by atoms with Gasteiger partial charge in [-0.1, -0.05) is 26.2 Å². The summed E-state index contributed by atoms with van der Waals surface area (Å²) in [5, 5.41) is 2.88. The topological polar surface area (TPSA) is 75.3 Å². The molecule has 5 nitrogen and oxygen atoms in total. The summed E-state index contributed by atoms with van der Waals surface area (Å²) in [6.07, 6.45) is 6.90. The van der Waals surface area contributed by atoms with Gasteiger partial charge in [0.05, 0.1) is 4.90 Å². The van der Waals surface area contributed by atoms with E-state index in [1.54, 1.807) is 24.3 Å². The fourth-order valence-electron chi connectivity index (χ4n) is 3.26. The van der Waals surface area contributed by atoms with Crippen LogP contribution in [0.15, 0.2) is 29.2 Å². The van der Waals surface area contributed by atoms with Crippen LogP contribution in [0.25, 0.3) is 0 Å². The van der Waals surface area contributed by atoms with E-state index in [2.05, 4.69) is 10.0 Å². The van der Waals surface area contributed by atoms with E-state index >= 15 is 0 Å². The van der Waals surface area contributed by atoms with Gasteiger partial charge in [0.1, 0.15) is 0 Å². The average Bonchev–Trinajstić information content (AvgIpc) is 2.97. The maximum Gasteiger partial charge on any atom is 0.240 e.